The minimum absolute atomic E-state index is 0.0859. The number of amides is 1. The average Bonchev–Trinajstić information content (AvgIpc) is 2.86. The van der Waals surface area contributed by atoms with E-state index in [1.165, 1.54) is 10.9 Å². The number of hydrogen-bond donors (Lipinski definition) is 2. The second-order valence-corrected chi connectivity index (χ2v) is 4.73. The van der Waals surface area contributed by atoms with E-state index in [0.717, 1.165) is 5.56 Å². The van der Waals surface area contributed by atoms with Crippen molar-refractivity contribution in [2.45, 2.75) is 19.6 Å². The maximum Gasteiger partial charge on any atom is 0.241 e. The van der Waals surface area contributed by atoms with E-state index in [1.807, 2.05) is 24.3 Å². The number of benzene rings is 1. The van der Waals surface area contributed by atoms with Gasteiger partial charge in [-0.15, -0.1) is 5.10 Å². The van der Waals surface area contributed by atoms with Gasteiger partial charge in [-0.1, -0.05) is 28.9 Å². The highest BCUT2D eigenvalue weighted by Crippen LogP contribution is 2.10. The van der Waals surface area contributed by atoms with Gasteiger partial charge in [-0.25, -0.2) is 4.68 Å². The fourth-order valence-corrected chi connectivity index (χ4v) is 1.94. The van der Waals surface area contributed by atoms with Crippen LogP contribution in [0.25, 0.3) is 0 Å². The zero-order valence-corrected chi connectivity index (χ0v) is 11.5. The van der Waals surface area contributed by atoms with Crippen LogP contribution in [0.5, 0.6) is 0 Å². The summed E-state index contributed by atoms with van der Waals surface area (Å²) in [5.74, 6) is -0.151. The molecule has 2 aromatic rings. The lowest BCUT2D eigenvalue weighted by Crippen LogP contribution is -2.29. The molecule has 0 aliphatic rings. The fraction of sp³-hybridized carbons (Fsp3) is 0.308. The van der Waals surface area contributed by atoms with E-state index in [9.17, 15) is 4.79 Å². The number of halogens is 1. The number of nitrogens with zero attached hydrogens (tertiary/aromatic N) is 3. The molecule has 0 aliphatic heterocycles. The van der Waals surface area contributed by atoms with Crippen LogP contribution in [-0.4, -0.2) is 32.6 Å². The van der Waals surface area contributed by atoms with Gasteiger partial charge in [0.15, 0.2) is 0 Å². The largest absolute Gasteiger partial charge is 0.390 e. The van der Waals surface area contributed by atoms with Gasteiger partial charge < -0.3 is 10.4 Å². The molecule has 0 saturated heterocycles. The molecule has 106 valence electrons. The summed E-state index contributed by atoms with van der Waals surface area (Å²) in [5, 5.41) is 19.8. The minimum Gasteiger partial charge on any atom is -0.390 e. The molecule has 6 nitrogen and oxygen atoms in total. The Morgan fingerprint density at radius 3 is 3.00 bits per heavy atom. The first-order chi connectivity index (χ1) is 9.67. The summed E-state index contributed by atoms with van der Waals surface area (Å²) in [7, 11) is 0. The number of aromatic nitrogens is 3. The van der Waals surface area contributed by atoms with Crippen LogP contribution >= 0.6 is 11.6 Å². The average molecular weight is 295 g/mol. The lowest BCUT2D eigenvalue weighted by Gasteiger charge is -2.05. The summed E-state index contributed by atoms with van der Waals surface area (Å²) < 4.78 is 1.39. The molecule has 0 spiro atoms. The monoisotopic (exact) mass is 294 g/mol. The van der Waals surface area contributed by atoms with E-state index in [2.05, 4.69) is 15.6 Å². The normalized spacial score (nSPS) is 10.5. The van der Waals surface area contributed by atoms with Gasteiger partial charge >= 0.3 is 0 Å². The first kappa shape index (κ1) is 14.5. The Hall–Kier alpha value is -1.92. The third-order valence-electron chi connectivity index (χ3n) is 2.68. The van der Waals surface area contributed by atoms with Gasteiger partial charge in [0.1, 0.15) is 12.2 Å². The summed E-state index contributed by atoms with van der Waals surface area (Å²) >= 11 is 5.88. The van der Waals surface area contributed by atoms with Crippen LogP contribution in [0.2, 0.25) is 5.02 Å². The SMILES string of the molecule is O=C(Cn1cc(CO)nn1)NCCc1cccc(Cl)c1. The molecule has 2 rings (SSSR count). The highest BCUT2D eigenvalue weighted by atomic mass is 35.5. The van der Waals surface area contributed by atoms with E-state index in [4.69, 9.17) is 16.7 Å². The highest BCUT2D eigenvalue weighted by molar-refractivity contribution is 6.30. The first-order valence-electron chi connectivity index (χ1n) is 6.18. The molecule has 0 bridgehead atoms. The zero-order chi connectivity index (χ0) is 14.4. The second kappa shape index (κ2) is 7.02. The van der Waals surface area contributed by atoms with Crippen molar-refractivity contribution in [1.29, 1.82) is 0 Å². The number of carbonyl (C=O) groups is 1. The summed E-state index contributed by atoms with van der Waals surface area (Å²) in [6.07, 6.45) is 2.25. The topological polar surface area (TPSA) is 80.0 Å². The molecule has 0 fully saturated rings. The van der Waals surface area contributed by atoms with Crippen molar-refractivity contribution in [3.05, 3.63) is 46.7 Å². The van der Waals surface area contributed by atoms with Crippen LogP contribution in [0.3, 0.4) is 0 Å². The third-order valence-corrected chi connectivity index (χ3v) is 2.91. The number of aliphatic hydroxyl groups excluding tert-OH is 1. The Kier molecular flexibility index (Phi) is 5.09. The summed E-state index contributed by atoms with van der Waals surface area (Å²) in [5.41, 5.74) is 1.51. The van der Waals surface area contributed by atoms with Crippen molar-refractivity contribution >= 4 is 17.5 Å². The Morgan fingerprint density at radius 2 is 2.30 bits per heavy atom. The van der Waals surface area contributed by atoms with E-state index in [0.29, 0.717) is 23.7 Å². The molecule has 1 aromatic carbocycles. The van der Waals surface area contributed by atoms with E-state index in [-0.39, 0.29) is 19.1 Å². The smallest absolute Gasteiger partial charge is 0.241 e. The third kappa shape index (κ3) is 4.32. The molecule has 0 aliphatic carbocycles. The van der Waals surface area contributed by atoms with Crippen molar-refractivity contribution in [3.63, 3.8) is 0 Å². The van der Waals surface area contributed by atoms with Crippen LogP contribution < -0.4 is 5.32 Å². The molecule has 7 heteroatoms. The van der Waals surface area contributed by atoms with Crippen LogP contribution in [0, 0.1) is 0 Å². The van der Waals surface area contributed by atoms with Gasteiger partial charge in [0, 0.05) is 11.6 Å². The van der Waals surface area contributed by atoms with E-state index in [1.54, 1.807) is 0 Å². The van der Waals surface area contributed by atoms with E-state index < -0.39 is 0 Å². The summed E-state index contributed by atoms with van der Waals surface area (Å²) in [6, 6.07) is 7.53. The molecule has 0 atom stereocenters. The van der Waals surface area contributed by atoms with Crippen LogP contribution in [0.1, 0.15) is 11.3 Å². The predicted molar refractivity (Wildman–Crippen MR) is 74.1 cm³/mol. The van der Waals surface area contributed by atoms with Gasteiger partial charge in [-0.3, -0.25) is 4.79 Å². The van der Waals surface area contributed by atoms with Crippen LogP contribution in [-0.2, 0) is 24.4 Å². The Morgan fingerprint density at radius 1 is 1.45 bits per heavy atom. The molecule has 1 amide bonds. The van der Waals surface area contributed by atoms with Gasteiger partial charge in [-0.2, -0.15) is 0 Å². The standard InChI is InChI=1S/C13H15ClN4O2/c14-11-3-1-2-10(6-11)4-5-15-13(20)8-18-7-12(9-19)16-17-18/h1-3,6-7,19H,4-5,8-9H2,(H,15,20). The zero-order valence-electron chi connectivity index (χ0n) is 10.8. The maximum absolute atomic E-state index is 11.7. The number of carbonyl (C=O) groups excluding carboxylic acids is 1. The van der Waals surface area contributed by atoms with Crippen molar-refractivity contribution in [1.82, 2.24) is 20.3 Å². The van der Waals surface area contributed by atoms with Crippen molar-refractivity contribution in [2.75, 3.05) is 6.54 Å². The number of hydrogen-bond acceptors (Lipinski definition) is 4. The van der Waals surface area contributed by atoms with E-state index >= 15 is 0 Å². The minimum atomic E-state index is -0.184. The summed E-state index contributed by atoms with van der Waals surface area (Å²) in [4.78, 5) is 11.7. The van der Waals surface area contributed by atoms with Gasteiger partial charge in [-0.05, 0) is 24.1 Å². The van der Waals surface area contributed by atoms with Crippen molar-refractivity contribution < 1.29 is 9.90 Å². The fourth-order valence-electron chi connectivity index (χ4n) is 1.73. The van der Waals surface area contributed by atoms with Crippen molar-refractivity contribution in [3.8, 4) is 0 Å². The Balaban J connectivity index is 1.75. The van der Waals surface area contributed by atoms with Gasteiger partial charge in [0.05, 0.1) is 12.8 Å². The number of rotatable bonds is 6. The molecule has 0 unspecified atom stereocenters. The molecule has 0 saturated carbocycles. The van der Waals surface area contributed by atoms with Crippen LogP contribution in [0.4, 0.5) is 0 Å². The predicted octanol–water partition coefficient (Wildman–Crippen LogP) is 0.783. The quantitative estimate of drug-likeness (QED) is 0.825. The van der Waals surface area contributed by atoms with Gasteiger partial charge in [0.2, 0.25) is 5.91 Å². The molecular weight excluding hydrogens is 280 g/mol. The van der Waals surface area contributed by atoms with Gasteiger partial charge in [0.25, 0.3) is 0 Å². The van der Waals surface area contributed by atoms with Crippen molar-refractivity contribution in [2.24, 2.45) is 0 Å². The lowest BCUT2D eigenvalue weighted by atomic mass is 10.1. The molecule has 0 radical (unpaired) electrons. The molecule has 20 heavy (non-hydrogen) atoms. The number of aliphatic hydroxyl groups is 1. The molecule has 2 N–H and O–H groups in total. The molecular formula is C13H15ClN4O2. The Bertz CT molecular complexity index is 585. The number of nitrogens with one attached hydrogen (secondary N) is 1. The summed E-state index contributed by atoms with van der Waals surface area (Å²) in [6.45, 7) is 0.430. The maximum atomic E-state index is 11.7. The Labute approximate surface area is 121 Å². The molecule has 1 heterocycles. The lowest BCUT2D eigenvalue weighted by molar-refractivity contribution is -0.121. The molecule has 1 aromatic heterocycles. The highest BCUT2D eigenvalue weighted by Gasteiger charge is 2.05. The second-order valence-electron chi connectivity index (χ2n) is 4.30. The first-order valence-corrected chi connectivity index (χ1v) is 6.56. The van der Waals surface area contributed by atoms with Crippen LogP contribution in [0.15, 0.2) is 30.5 Å².